The Kier molecular flexibility index (Phi) is 7.93. The van der Waals surface area contributed by atoms with Crippen molar-refractivity contribution in [2.45, 2.75) is 42.7 Å². The molecule has 1 atom stereocenters. The zero-order chi connectivity index (χ0) is 30.9. The van der Waals surface area contributed by atoms with Gasteiger partial charge in [-0.2, -0.15) is 0 Å². The summed E-state index contributed by atoms with van der Waals surface area (Å²) in [5, 5.41) is 2.57. The van der Waals surface area contributed by atoms with Crippen LogP contribution < -0.4 is 13.6 Å². The number of hydrogen-bond donors (Lipinski definition) is 0. The Hall–Kier alpha value is -2.12. The van der Waals surface area contributed by atoms with E-state index in [1.165, 1.54) is 15.9 Å². The van der Waals surface area contributed by atoms with Gasteiger partial charge in [0.25, 0.3) is 0 Å². The van der Waals surface area contributed by atoms with Gasteiger partial charge in [-0.15, -0.1) is 0 Å². The fourth-order valence-corrected chi connectivity index (χ4v) is 23.7. The van der Waals surface area contributed by atoms with Crippen LogP contribution in [0, 0.1) is 0 Å². The van der Waals surface area contributed by atoms with Crippen molar-refractivity contribution in [2.24, 2.45) is 0 Å². The van der Waals surface area contributed by atoms with Crippen LogP contribution in [0.1, 0.15) is 51.7 Å². The van der Waals surface area contributed by atoms with Gasteiger partial charge < -0.3 is 0 Å². The Morgan fingerprint density at radius 3 is 2.05 bits per heavy atom. The van der Waals surface area contributed by atoms with E-state index in [2.05, 4.69) is 18.2 Å². The van der Waals surface area contributed by atoms with Gasteiger partial charge in [-0.3, -0.25) is 0 Å². The predicted octanol–water partition coefficient (Wildman–Crippen LogP) is 8.69. The molecule has 0 fully saturated rings. The van der Waals surface area contributed by atoms with Crippen molar-refractivity contribution >= 4 is 46.3 Å². The number of aryl methyl sites for hydroxylation is 1. The fraction of sp³-hybridized carbons (Fsp3) is 0.212. The van der Waals surface area contributed by atoms with Gasteiger partial charge in [-0.05, 0) is 0 Å². The van der Waals surface area contributed by atoms with E-state index in [9.17, 15) is 26.3 Å². The van der Waals surface area contributed by atoms with Gasteiger partial charge in [-0.1, -0.05) is 0 Å². The van der Waals surface area contributed by atoms with Crippen LogP contribution >= 0.6 is 17.0 Å². The minimum atomic E-state index is -4.94. The molecule has 0 amide bonds. The topological polar surface area (TPSA) is 0 Å². The average Bonchev–Trinajstić information content (AvgIpc) is 3.54. The molecule has 2 aliphatic rings. The maximum absolute atomic E-state index is 13.8. The first-order valence-corrected chi connectivity index (χ1v) is 24.4. The first-order chi connectivity index (χ1) is 20.3. The van der Waals surface area contributed by atoms with Gasteiger partial charge in [0.15, 0.2) is 0 Å². The second-order valence-electron chi connectivity index (χ2n) is 11.0. The van der Waals surface area contributed by atoms with Gasteiger partial charge in [0.2, 0.25) is 0 Å². The van der Waals surface area contributed by atoms with Crippen LogP contribution in [0.2, 0.25) is 0 Å². The monoisotopic (exact) mass is 724 g/mol. The molecule has 10 heteroatoms. The van der Waals surface area contributed by atoms with Gasteiger partial charge in [0, 0.05) is 0 Å². The van der Waals surface area contributed by atoms with Gasteiger partial charge in [-0.25, -0.2) is 0 Å². The SMILES string of the molecule is CCC1=Cc2c(ccc(CC)c2-c2cc(C(F)(F)F)cc(C(F)(F)F)c2)[CH]1[Zr]([Cl])([Cl])[c]1cccc2c1[SiH2]c1ccccc1-2. The molecule has 1 aliphatic carbocycles. The quantitative estimate of drug-likeness (QED) is 0.126. The van der Waals surface area contributed by atoms with Gasteiger partial charge in [0.1, 0.15) is 0 Å². The van der Waals surface area contributed by atoms with Gasteiger partial charge in [0.05, 0.1) is 0 Å². The van der Waals surface area contributed by atoms with E-state index < -0.39 is 50.9 Å². The first kappa shape index (κ1) is 30.9. The Morgan fingerprint density at radius 1 is 0.767 bits per heavy atom. The molecule has 4 aromatic carbocycles. The number of benzene rings is 4. The molecule has 1 heterocycles. The number of allylic oxidation sites excluding steroid dienone is 1. The standard InChI is InChI=1S/C21H17F6.C12H9Si.2ClH.Zr/c1-3-12-7-14-6-5-13(4-2)19(18(14)8-12)15-9-16(20(22,23)24)11-17(10-15)21(25,26)27;1-3-7-11-9(5-1)10-6-2-4-8-12(10)13-11;;;/h5-11H,3-4H2,1-2H3;1-7H,13H2;2*1H;/q;;;;+2/p-2. The molecule has 222 valence electrons. The number of hydrogen-bond acceptors (Lipinski definition) is 0. The van der Waals surface area contributed by atoms with Crippen LogP contribution in [-0.4, -0.2) is 9.52 Å². The van der Waals surface area contributed by atoms with Crippen LogP contribution in [-0.2, 0) is 36.7 Å². The van der Waals surface area contributed by atoms with E-state index in [1.807, 2.05) is 50.3 Å². The summed E-state index contributed by atoms with van der Waals surface area (Å²) in [6.07, 6.45) is -6.96. The molecule has 0 radical (unpaired) electrons. The number of rotatable bonds is 5. The van der Waals surface area contributed by atoms with Crippen molar-refractivity contribution < 1.29 is 44.2 Å². The molecule has 6 rings (SSSR count). The predicted molar refractivity (Wildman–Crippen MR) is 163 cm³/mol. The summed E-state index contributed by atoms with van der Waals surface area (Å²) in [4.78, 5) is 0. The van der Waals surface area contributed by atoms with Crippen molar-refractivity contribution in [2.75, 3.05) is 0 Å². The number of alkyl halides is 6. The van der Waals surface area contributed by atoms with Crippen LogP contribution in [0.25, 0.3) is 28.3 Å². The molecule has 1 unspecified atom stereocenters. The molecule has 0 N–H and O–H groups in total. The van der Waals surface area contributed by atoms with Crippen molar-refractivity contribution in [3.63, 3.8) is 0 Å². The summed E-state index contributed by atoms with van der Waals surface area (Å²) >= 11 is -4.35. The molecule has 1 aliphatic heterocycles. The summed E-state index contributed by atoms with van der Waals surface area (Å²) in [5.41, 5.74) is 2.98. The second kappa shape index (κ2) is 11.0. The Bertz CT molecular complexity index is 1760. The van der Waals surface area contributed by atoms with E-state index in [4.69, 9.17) is 17.0 Å². The Morgan fingerprint density at radius 2 is 1.42 bits per heavy atom. The molecule has 43 heavy (non-hydrogen) atoms. The average molecular weight is 727 g/mol. The maximum atomic E-state index is 13.8. The molecule has 0 nitrogen and oxygen atoms in total. The zero-order valence-corrected chi connectivity index (χ0v) is 28.6. The van der Waals surface area contributed by atoms with Crippen molar-refractivity contribution in [1.29, 1.82) is 0 Å². The van der Waals surface area contributed by atoms with E-state index in [-0.39, 0.29) is 15.3 Å². The molecule has 4 aromatic rings. The Labute approximate surface area is 260 Å². The third-order valence-corrected chi connectivity index (χ3v) is 23.0. The van der Waals surface area contributed by atoms with Crippen LogP contribution in [0.4, 0.5) is 26.3 Å². The van der Waals surface area contributed by atoms with Crippen molar-refractivity contribution in [3.8, 4) is 22.3 Å². The molecular weight excluding hydrogens is 701 g/mol. The summed E-state index contributed by atoms with van der Waals surface area (Å²) in [5.74, 6) is 0. The second-order valence-corrected chi connectivity index (χ2v) is 26.9. The third kappa shape index (κ3) is 5.30. The molecule has 0 bridgehead atoms. The third-order valence-electron chi connectivity index (χ3n) is 8.61. The summed E-state index contributed by atoms with van der Waals surface area (Å²) < 4.78 is 83.7. The molecule has 0 saturated carbocycles. The van der Waals surface area contributed by atoms with Crippen molar-refractivity contribution in [3.05, 3.63) is 106 Å². The van der Waals surface area contributed by atoms with Crippen LogP contribution in [0.5, 0.6) is 0 Å². The zero-order valence-electron chi connectivity index (χ0n) is 23.2. The summed E-state index contributed by atoms with van der Waals surface area (Å²) in [6.45, 7) is 3.81. The molecular formula is C33H26Cl2F6SiZr. The van der Waals surface area contributed by atoms with E-state index in [0.717, 1.165) is 32.1 Å². The summed E-state index contributed by atoms with van der Waals surface area (Å²) in [6, 6.07) is 20.0. The molecule has 0 aromatic heterocycles. The van der Waals surface area contributed by atoms with E-state index >= 15 is 0 Å². The van der Waals surface area contributed by atoms with Crippen molar-refractivity contribution in [1.82, 2.24) is 0 Å². The summed E-state index contributed by atoms with van der Waals surface area (Å²) in [7, 11) is 14.4. The van der Waals surface area contributed by atoms with E-state index in [0.29, 0.717) is 29.5 Å². The fourth-order valence-electron chi connectivity index (χ4n) is 6.65. The van der Waals surface area contributed by atoms with Crippen LogP contribution in [0.15, 0.2) is 78.4 Å². The number of fused-ring (bicyclic) bond motifs is 4. The number of halogens is 8. The normalized spacial score (nSPS) is 16.7. The molecule has 0 spiro atoms. The van der Waals surface area contributed by atoms with Crippen LogP contribution in [0.3, 0.4) is 0 Å². The Balaban J connectivity index is 1.55. The minimum absolute atomic E-state index is 0.114. The first-order valence-electron chi connectivity index (χ1n) is 14.0. The molecule has 0 saturated heterocycles. The van der Waals surface area contributed by atoms with Gasteiger partial charge >= 0.3 is 262 Å². The van der Waals surface area contributed by atoms with E-state index in [1.54, 1.807) is 6.07 Å².